The first-order valence-corrected chi connectivity index (χ1v) is 8.27. The highest BCUT2D eigenvalue weighted by Gasteiger charge is 2.19. The summed E-state index contributed by atoms with van der Waals surface area (Å²) in [6, 6.07) is 14.3. The van der Waals surface area contributed by atoms with Crippen molar-refractivity contribution >= 4 is 28.7 Å². The summed E-state index contributed by atoms with van der Waals surface area (Å²) in [5, 5.41) is 3.98. The van der Waals surface area contributed by atoms with E-state index in [4.69, 9.17) is 17.0 Å². The zero-order valence-electron chi connectivity index (χ0n) is 13.5. The van der Waals surface area contributed by atoms with Crippen molar-refractivity contribution in [2.45, 2.75) is 0 Å². The minimum atomic E-state index is -0.206. The first-order chi connectivity index (χ1) is 11.7. The summed E-state index contributed by atoms with van der Waals surface area (Å²) in [4.78, 5) is 4.39. The molecule has 0 amide bonds. The van der Waals surface area contributed by atoms with Crippen molar-refractivity contribution in [2.75, 3.05) is 43.5 Å². The molecule has 0 radical (unpaired) electrons. The van der Waals surface area contributed by atoms with Crippen molar-refractivity contribution in [3.05, 3.63) is 54.3 Å². The van der Waals surface area contributed by atoms with Crippen LogP contribution in [0, 0.1) is 5.82 Å². The van der Waals surface area contributed by atoms with Gasteiger partial charge in [0, 0.05) is 37.6 Å². The van der Waals surface area contributed by atoms with Gasteiger partial charge in [0.05, 0.1) is 7.11 Å². The Labute approximate surface area is 146 Å². The normalized spacial score (nSPS) is 14.4. The number of benzene rings is 2. The fraction of sp³-hybridized carbons (Fsp3) is 0.278. The molecule has 3 rings (SSSR count). The van der Waals surface area contributed by atoms with E-state index in [0.717, 1.165) is 48.4 Å². The first kappa shape index (κ1) is 16.5. The minimum absolute atomic E-state index is 0.206. The highest BCUT2D eigenvalue weighted by Crippen LogP contribution is 2.18. The molecule has 1 fully saturated rings. The number of hydrogen-bond donors (Lipinski definition) is 1. The molecule has 6 heteroatoms. The van der Waals surface area contributed by atoms with E-state index in [1.807, 2.05) is 36.4 Å². The zero-order chi connectivity index (χ0) is 16.9. The third-order valence-corrected chi connectivity index (χ3v) is 4.46. The molecule has 1 aliphatic rings. The third kappa shape index (κ3) is 3.94. The number of halogens is 1. The molecule has 0 saturated carbocycles. The van der Waals surface area contributed by atoms with Crippen LogP contribution in [0.25, 0.3) is 0 Å². The van der Waals surface area contributed by atoms with Crippen molar-refractivity contribution in [1.29, 1.82) is 0 Å². The molecule has 0 bridgehead atoms. The Kier molecular flexibility index (Phi) is 5.15. The lowest BCUT2D eigenvalue weighted by Gasteiger charge is -2.37. The summed E-state index contributed by atoms with van der Waals surface area (Å²) in [6.45, 7) is 3.38. The minimum Gasteiger partial charge on any atom is -0.497 e. The van der Waals surface area contributed by atoms with E-state index in [1.165, 1.54) is 12.1 Å². The van der Waals surface area contributed by atoms with Gasteiger partial charge in [-0.2, -0.15) is 0 Å². The maximum atomic E-state index is 13.0. The van der Waals surface area contributed by atoms with Crippen LogP contribution in [0.3, 0.4) is 0 Å². The lowest BCUT2D eigenvalue weighted by atomic mass is 10.2. The summed E-state index contributed by atoms with van der Waals surface area (Å²) in [6.07, 6.45) is 0. The summed E-state index contributed by atoms with van der Waals surface area (Å²) in [5.41, 5.74) is 1.99. The van der Waals surface area contributed by atoms with Gasteiger partial charge in [-0.05, 0) is 60.7 Å². The van der Waals surface area contributed by atoms with Gasteiger partial charge >= 0.3 is 0 Å². The number of anilines is 2. The summed E-state index contributed by atoms with van der Waals surface area (Å²) in [5.74, 6) is 0.613. The Morgan fingerprint density at radius 2 is 1.62 bits per heavy atom. The smallest absolute Gasteiger partial charge is 0.173 e. The van der Waals surface area contributed by atoms with Crippen molar-refractivity contribution in [2.24, 2.45) is 0 Å². The fourth-order valence-electron chi connectivity index (χ4n) is 2.70. The van der Waals surface area contributed by atoms with E-state index >= 15 is 0 Å². The number of ether oxygens (including phenoxy) is 1. The average Bonchev–Trinajstić information content (AvgIpc) is 2.63. The van der Waals surface area contributed by atoms with Crippen LogP contribution in [0.4, 0.5) is 15.8 Å². The fourth-order valence-corrected chi connectivity index (χ4v) is 3.00. The summed E-state index contributed by atoms with van der Waals surface area (Å²) in [7, 11) is 1.65. The lowest BCUT2D eigenvalue weighted by Crippen LogP contribution is -2.50. The Morgan fingerprint density at radius 1 is 1.00 bits per heavy atom. The molecule has 0 atom stereocenters. The summed E-state index contributed by atoms with van der Waals surface area (Å²) < 4.78 is 18.2. The first-order valence-electron chi connectivity index (χ1n) is 7.86. The van der Waals surface area contributed by atoms with Crippen LogP contribution >= 0.6 is 12.2 Å². The molecule has 0 aromatic heterocycles. The number of methoxy groups -OCH3 is 1. The second kappa shape index (κ2) is 7.49. The molecule has 1 aliphatic heterocycles. The van der Waals surface area contributed by atoms with E-state index in [-0.39, 0.29) is 5.82 Å². The van der Waals surface area contributed by atoms with Crippen molar-refractivity contribution in [3.8, 4) is 5.75 Å². The van der Waals surface area contributed by atoms with Crippen molar-refractivity contribution < 1.29 is 9.13 Å². The molecular weight excluding hydrogens is 325 g/mol. The maximum absolute atomic E-state index is 13.0. The lowest BCUT2D eigenvalue weighted by molar-refractivity contribution is 0.391. The molecule has 4 nitrogen and oxygen atoms in total. The number of hydrogen-bond acceptors (Lipinski definition) is 3. The zero-order valence-corrected chi connectivity index (χ0v) is 14.4. The quantitative estimate of drug-likeness (QED) is 0.861. The standard InChI is InChI=1S/C18H20FN3OS/c1-23-17-8-4-15(5-9-17)20-18(24)22-12-10-21(11-13-22)16-6-2-14(19)3-7-16/h2-9H,10-13H2,1H3,(H,20,24). The molecule has 1 N–H and O–H groups in total. The van der Waals surface area contributed by atoms with Crippen LogP contribution in [-0.2, 0) is 0 Å². The van der Waals surface area contributed by atoms with E-state index in [0.29, 0.717) is 0 Å². The van der Waals surface area contributed by atoms with Gasteiger partial charge in [0.1, 0.15) is 11.6 Å². The van der Waals surface area contributed by atoms with Crippen LogP contribution in [0.15, 0.2) is 48.5 Å². The predicted molar refractivity (Wildman–Crippen MR) is 99.4 cm³/mol. The van der Waals surface area contributed by atoms with Gasteiger partial charge in [0.2, 0.25) is 0 Å². The van der Waals surface area contributed by atoms with Crippen LogP contribution in [0.2, 0.25) is 0 Å². The van der Waals surface area contributed by atoms with Gasteiger partial charge < -0.3 is 19.9 Å². The molecule has 1 heterocycles. The van der Waals surface area contributed by atoms with Gasteiger partial charge in [-0.1, -0.05) is 0 Å². The average molecular weight is 345 g/mol. The van der Waals surface area contributed by atoms with E-state index in [9.17, 15) is 4.39 Å². The molecule has 0 spiro atoms. The van der Waals surface area contributed by atoms with Gasteiger partial charge in [0.15, 0.2) is 5.11 Å². The Hall–Kier alpha value is -2.34. The largest absolute Gasteiger partial charge is 0.497 e. The van der Waals surface area contributed by atoms with Gasteiger partial charge in [-0.15, -0.1) is 0 Å². The number of nitrogens with zero attached hydrogens (tertiary/aromatic N) is 2. The van der Waals surface area contributed by atoms with Gasteiger partial charge in [-0.25, -0.2) is 4.39 Å². The SMILES string of the molecule is COc1ccc(NC(=S)N2CCN(c3ccc(F)cc3)CC2)cc1. The second-order valence-electron chi connectivity index (χ2n) is 5.61. The summed E-state index contributed by atoms with van der Waals surface area (Å²) >= 11 is 5.51. The van der Waals surface area contributed by atoms with E-state index in [2.05, 4.69) is 15.1 Å². The predicted octanol–water partition coefficient (Wildman–Crippen LogP) is 3.35. The highest BCUT2D eigenvalue weighted by atomic mass is 32.1. The van der Waals surface area contributed by atoms with Crippen LogP contribution in [0.1, 0.15) is 0 Å². The Bertz CT molecular complexity index is 682. The molecule has 2 aromatic rings. The molecule has 126 valence electrons. The van der Waals surface area contributed by atoms with Gasteiger partial charge in [0.25, 0.3) is 0 Å². The van der Waals surface area contributed by atoms with Crippen LogP contribution in [0.5, 0.6) is 5.75 Å². The number of rotatable bonds is 3. The monoisotopic (exact) mass is 345 g/mol. The van der Waals surface area contributed by atoms with Crippen molar-refractivity contribution in [3.63, 3.8) is 0 Å². The molecule has 1 saturated heterocycles. The van der Waals surface area contributed by atoms with E-state index < -0.39 is 0 Å². The van der Waals surface area contributed by atoms with Gasteiger partial charge in [-0.3, -0.25) is 0 Å². The second-order valence-corrected chi connectivity index (χ2v) is 6.00. The molecule has 0 unspecified atom stereocenters. The number of piperazine rings is 1. The molecule has 0 aliphatic carbocycles. The molecular formula is C18H20FN3OS. The highest BCUT2D eigenvalue weighted by molar-refractivity contribution is 7.80. The number of nitrogens with one attached hydrogen (secondary N) is 1. The van der Waals surface area contributed by atoms with Crippen LogP contribution in [-0.4, -0.2) is 43.3 Å². The Morgan fingerprint density at radius 3 is 2.21 bits per heavy atom. The molecule has 2 aromatic carbocycles. The van der Waals surface area contributed by atoms with Crippen molar-refractivity contribution in [1.82, 2.24) is 4.90 Å². The topological polar surface area (TPSA) is 27.7 Å². The molecule has 24 heavy (non-hydrogen) atoms. The Balaban J connectivity index is 1.53. The maximum Gasteiger partial charge on any atom is 0.173 e. The van der Waals surface area contributed by atoms with Crippen LogP contribution < -0.4 is 15.0 Å². The third-order valence-electron chi connectivity index (χ3n) is 4.10. The number of thiocarbonyl (C=S) groups is 1. The van der Waals surface area contributed by atoms with E-state index in [1.54, 1.807) is 7.11 Å².